The van der Waals surface area contributed by atoms with Crippen molar-refractivity contribution in [2.24, 2.45) is 5.73 Å². The molecular formula is C51H90NO8P. The predicted molar refractivity (Wildman–Crippen MR) is 256 cm³/mol. The molecule has 0 aromatic rings. The molecule has 0 aliphatic rings. The average Bonchev–Trinajstić information content (AvgIpc) is 3.25. The van der Waals surface area contributed by atoms with Gasteiger partial charge in [0.1, 0.15) is 6.61 Å². The normalized spacial score (nSPS) is 13.8. The summed E-state index contributed by atoms with van der Waals surface area (Å²) < 4.78 is 32.8. The van der Waals surface area contributed by atoms with Crippen LogP contribution in [0.4, 0.5) is 0 Å². The molecule has 352 valence electrons. The van der Waals surface area contributed by atoms with Crippen LogP contribution in [0.1, 0.15) is 206 Å². The number of carbonyl (C=O) groups excluding carboxylic acids is 2. The van der Waals surface area contributed by atoms with E-state index in [0.29, 0.717) is 12.8 Å². The highest BCUT2D eigenvalue weighted by Gasteiger charge is 2.26. The summed E-state index contributed by atoms with van der Waals surface area (Å²) >= 11 is 0. The Morgan fingerprint density at radius 3 is 1.31 bits per heavy atom. The van der Waals surface area contributed by atoms with E-state index >= 15 is 0 Å². The Hall–Kier alpha value is -2.55. The van der Waals surface area contributed by atoms with E-state index in [9.17, 15) is 19.0 Å². The first-order valence-corrected chi connectivity index (χ1v) is 25.9. The van der Waals surface area contributed by atoms with Gasteiger partial charge in [-0.25, -0.2) is 4.57 Å². The first-order chi connectivity index (χ1) is 29.8. The van der Waals surface area contributed by atoms with Gasteiger partial charge in [0.25, 0.3) is 0 Å². The number of hydrogen-bond donors (Lipinski definition) is 2. The maximum atomic E-state index is 12.6. The molecule has 0 saturated carbocycles. The average molecular weight is 876 g/mol. The van der Waals surface area contributed by atoms with E-state index in [0.717, 1.165) is 57.8 Å². The minimum atomic E-state index is -4.40. The summed E-state index contributed by atoms with van der Waals surface area (Å²) in [5.41, 5.74) is 5.36. The Kier molecular flexibility index (Phi) is 45.0. The zero-order chi connectivity index (χ0) is 44.6. The number of carbonyl (C=O) groups is 2. The molecule has 0 aromatic heterocycles. The molecular weight excluding hydrogens is 786 g/mol. The number of ether oxygens (including phenoxy) is 2. The maximum Gasteiger partial charge on any atom is 0.472 e. The van der Waals surface area contributed by atoms with Crippen LogP contribution in [-0.4, -0.2) is 49.3 Å². The Labute approximate surface area is 373 Å². The Bertz CT molecular complexity index is 1230. The summed E-state index contributed by atoms with van der Waals surface area (Å²) in [6.07, 6.45) is 58.1. The quantitative estimate of drug-likeness (QED) is 0.0265. The van der Waals surface area contributed by atoms with Gasteiger partial charge in [-0.2, -0.15) is 0 Å². The zero-order valence-electron chi connectivity index (χ0n) is 38.9. The molecule has 0 aliphatic heterocycles. The van der Waals surface area contributed by atoms with Crippen molar-refractivity contribution >= 4 is 19.8 Å². The van der Waals surface area contributed by atoms with Gasteiger partial charge in [0.15, 0.2) is 6.10 Å². The highest BCUT2D eigenvalue weighted by Crippen LogP contribution is 2.43. The van der Waals surface area contributed by atoms with Crippen LogP contribution in [0.2, 0.25) is 0 Å². The lowest BCUT2D eigenvalue weighted by molar-refractivity contribution is -0.161. The second kappa shape index (κ2) is 46.9. The van der Waals surface area contributed by atoms with Gasteiger partial charge < -0.3 is 20.1 Å². The monoisotopic (exact) mass is 876 g/mol. The molecule has 61 heavy (non-hydrogen) atoms. The molecule has 9 nitrogen and oxygen atoms in total. The smallest absolute Gasteiger partial charge is 0.462 e. The van der Waals surface area contributed by atoms with Crippen molar-refractivity contribution in [1.82, 2.24) is 0 Å². The van der Waals surface area contributed by atoms with E-state index in [4.69, 9.17) is 24.3 Å². The van der Waals surface area contributed by atoms with Crippen LogP contribution in [-0.2, 0) is 32.7 Å². The van der Waals surface area contributed by atoms with Crippen molar-refractivity contribution < 1.29 is 37.6 Å². The van der Waals surface area contributed by atoms with Crippen molar-refractivity contribution in [2.75, 3.05) is 26.4 Å². The van der Waals surface area contributed by atoms with Crippen molar-refractivity contribution in [3.63, 3.8) is 0 Å². The highest BCUT2D eigenvalue weighted by atomic mass is 31.2. The number of nitrogens with two attached hydrogens (primary N) is 1. The van der Waals surface area contributed by atoms with Gasteiger partial charge in [-0.05, 0) is 51.4 Å². The molecule has 0 aliphatic carbocycles. The Morgan fingerprint density at radius 1 is 0.508 bits per heavy atom. The summed E-state index contributed by atoms with van der Waals surface area (Å²) in [6, 6.07) is 0. The molecule has 0 bridgehead atoms. The lowest BCUT2D eigenvalue weighted by atomic mass is 10.0. The predicted octanol–water partition coefficient (Wildman–Crippen LogP) is 14.6. The van der Waals surface area contributed by atoms with Crippen LogP contribution in [0.25, 0.3) is 0 Å². The number of allylic oxidation sites excluding steroid dienone is 12. The maximum absolute atomic E-state index is 12.6. The van der Waals surface area contributed by atoms with Gasteiger partial charge in [-0.15, -0.1) is 0 Å². The first kappa shape index (κ1) is 58.5. The lowest BCUT2D eigenvalue weighted by Gasteiger charge is -2.19. The second-order valence-electron chi connectivity index (χ2n) is 16.0. The minimum Gasteiger partial charge on any atom is -0.462 e. The van der Waals surface area contributed by atoms with Crippen molar-refractivity contribution in [3.8, 4) is 0 Å². The number of phosphoric acid groups is 1. The van der Waals surface area contributed by atoms with E-state index in [1.165, 1.54) is 109 Å². The van der Waals surface area contributed by atoms with E-state index < -0.39 is 32.5 Å². The molecule has 0 radical (unpaired) electrons. The SMILES string of the molecule is CC/C=C/C/C=C/C/C=C/C/C=C/C/C=C/C/C=C/CCC(=O)OC[C@H](COP(=O)(O)OCCN)OC(=O)CCCCCCCCCCCCCCCCCCCCCCC. The van der Waals surface area contributed by atoms with Crippen LogP contribution in [0, 0.1) is 0 Å². The van der Waals surface area contributed by atoms with Crippen molar-refractivity contribution in [2.45, 2.75) is 213 Å². The fourth-order valence-corrected chi connectivity index (χ4v) is 7.31. The van der Waals surface area contributed by atoms with Gasteiger partial charge in [-0.1, -0.05) is 215 Å². The zero-order valence-corrected chi connectivity index (χ0v) is 39.8. The second-order valence-corrected chi connectivity index (χ2v) is 17.4. The van der Waals surface area contributed by atoms with Crippen LogP contribution in [0.15, 0.2) is 72.9 Å². The standard InChI is InChI=1S/C51H90NO8P/c1-3-5-7-9-11-13-15-17-19-21-23-24-26-28-30-32-34-36-38-40-42-44-51(54)60-49(48-59-61(55,56)58-46-45-52)47-57-50(53)43-41-39-37-35-33-31-29-27-25-22-20-18-16-14-12-10-8-6-4-2/h6,8,12,14,18,20,25,27,31,33,37,39,49H,3-5,7,9-11,13,15-17,19,21-24,26,28-30,32,34-36,38,40-48,52H2,1-2H3,(H,55,56)/b8-6+,14-12+,20-18+,27-25+,33-31+,39-37+/t49-/m1/s1. The molecule has 0 aromatic carbocycles. The summed E-state index contributed by atoms with van der Waals surface area (Å²) in [5, 5.41) is 0. The van der Waals surface area contributed by atoms with Crippen LogP contribution in [0.5, 0.6) is 0 Å². The molecule has 0 spiro atoms. The molecule has 0 heterocycles. The fraction of sp³-hybridized carbons (Fsp3) is 0.725. The molecule has 0 fully saturated rings. The largest absolute Gasteiger partial charge is 0.472 e. The minimum absolute atomic E-state index is 0.0419. The summed E-state index contributed by atoms with van der Waals surface area (Å²) in [7, 11) is -4.40. The molecule has 0 rings (SSSR count). The lowest BCUT2D eigenvalue weighted by Crippen LogP contribution is -2.29. The Morgan fingerprint density at radius 2 is 0.902 bits per heavy atom. The molecule has 10 heteroatoms. The highest BCUT2D eigenvalue weighted by molar-refractivity contribution is 7.47. The molecule has 2 atom stereocenters. The molecule has 0 amide bonds. The summed E-state index contributed by atoms with van der Waals surface area (Å²) in [6.45, 7) is 3.55. The third-order valence-electron chi connectivity index (χ3n) is 10.1. The van der Waals surface area contributed by atoms with Crippen LogP contribution >= 0.6 is 7.82 Å². The van der Waals surface area contributed by atoms with Gasteiger partial charge in [-0.3, -0.25) is 18.6 Å². The van der Waals surface area contributed by atoms with E-state index in [-0.39, 0.29) is 32.6 Å². The Balaban J connectivity index is 4.17. The molecule has 3 N–H and O–H groups in total. The number of rotatable bonds is 45. The van der Waals surface area contributed by atoms with Crippen LogP contribution in [0.3, 0.4) is 0 Å². The fourth-order valence-electron chi connectivity index (χ4n) is 6.54. The molecule has 0 saturated heterocycles. The van der Waals surface area contributed by atoms with Gasteiger partial charge in [0.2, 0.25) is 0 Å². The number of esters is 2. The van der Waals surface area contributed by atoms with Gasteiger partial charge in [0.05, 0.1) is 13.2 Å². The van der Waals surface area contributed by atoms with Crippen molar-refractivity contribution in [3.05, 3.63) is 72.9 Å². The van der Waals surface area contributed by atoms with E-state index in [1.807, 2.05) is 12.2 Å². The summed E-state index contributed by atoms with van der Waals surface area (Å²) in [4.78, 5) is 35.0. The van der Waals surface area contributed by atoms with Gasteiger partial charge >= 0.3 is 19.8 Å². The van der Waals surface area contributed by atoms with Gasteiger partial charge in [0, 0.05) is 19.4 Å². The third kappa shape index (κ3) is 46.8. The van der Waals surface area contributed by atoms with E-state index in [2.05, 4.69) is 74.6 Å². The van der Waals surface area contributed by atoms with Crippen LogP contribution < -0.4 is 5.73 Å². The van der Waals surface area contributed by atoms with Crippen molar-refractivity contribution in [1.29, 1.82) is 0 Å². The number of hydrogen-bond acceptors (Lipinski definition) is 8. The van der Waals surface area contributed by atoms with E-state index in [1.54, 1.807) is 0 Å². The first-order valence-electron chi connectivity index (χ1n) is 24.4. The molecule has 1 unspecified atom stereocenters. The topological polar surface area (TPSA) is 134 Å². The number of phosphoric ester groups is 1. The number of unbranched alkanes of at least 4 members (excludes halogenated alkanes) is 20. The summed E-state index contributed by atoms with van der Waals surface area (Å²) in [5.74, 6) is -0.924. The third-order valence-corrected chi connectivity index (χ3v) is 11.1.